The highest BCUT2D eigenvalue weighted by molar-refractivity contribution is 7.91. The van der Waals surface area contributed by atoms with Gasteiger partial charge in [-0.25, -0.2) is 8.42 Å². The van der Waals surface area contributed by atoms with Crippen LogP contribution in [-0.2, 0) is 9.84 Å². The zero-order valence-corrected chi connectivity index (χ0v) is 13.7. The van der Waals surface area contributed by atoms with E-state index in [-0.39, 0.29) is 5.75 Å². The van der Waals surface area contributed by atoms with E-state index in [9.17, 15) is 8.42 Å². The molecule has 1 heterocycles. The first-order chi connectivity index (χ1) is 9.55. The van der Waals surface area contributed by atoms with Crippen LogP contribution in [-0.4, -0.2) is 56.5 Å². The van der Waals surface area contributed by atoms with Crippen molar-refractivity contribution in [2.24, 2.45) is 0 Å². The summed E-state index contributed by atoms with van der Waals surface area (Å²) in [5, 5.41) is 3.78. The molecule has 5 heteroatoms. The summed E-state index contributed by atoms with van der Waals surface area (Å²) in [6.45, 7) is 6.01. The average Bonchev–Trinajstić information content (AvgIpc) is 2.62. The van der Waals surface area contributed by atoms with Gasteiger partial charge in [0.25, 0.3) is 0 Å². The summed E-state index contributed by atoms with van der Waals surface area (Å²) in [6.07, 6.45) is 8.59. The number of rotatable bonds is 5. The van der Waals surface area contributed by atoms with Crippen LogP contribution in [0.25, 0.3) is 0 Å². The fourth-order valence-corrected chi connectivity index (χ4v) is 4.48. The summed E-state index contributed by atoms with van der Waals surface area (Å²) >= 11 is 0. The van der Waals surface area contributed by atoms with Crippen molar-refractivity contribution < 1.29 is 8.42 Å². The maximum Gasteiger partial charge on any atom is 0.150 e. The molecule has 1 aliphatic heterocycles. The molecule has 20 heavy (non-hydrogen) atoms. The van der Waals surface area contributed by atoms with Crippen molar-refractivity contribution in [2.75, 3.05) is 37.7 Å². The largest absolute Gasteiger partial charge is 0.310 e. The van der Waals surface area contributed by atoms with Crippen molar-refractivity contribution in [1.29, 1.82) is 0 Å². The van der Waals surface area contributed by atoms with Crippen LogP contribution in [0.5, 0.6) is 0 Å². The molecule has 118 valence electrons. The van der Waals surface area contributed by atoms with Gasteiger partial charge in [0.1, 0.15) is 9.84 Å². The van der Waals surface area contributed by atoms with E-state index in [1.807, 2.05) is 0 Å². The van der Waals surface area contributed by atoms with Crippen molar-refractivity contribution in [2.45, 2.75) is 57.4 Å². The monoisotopic (exact) mass is 302 g/mol. The standard InChI is InChI=1S/C15H30N2O2S/c1-2-20(18,19)13-7-12-17-11-6-10-16-15(14-17)8-4-3-5-9-15/h16H,2-14H2,1H3. The molecule has 2 rings (SSSR count). The summed E-state index contributed by atoms with van der Waals surface area (Å²) in [5.41, 5.74) is 0.318. The van der Waals surface area contributed by atoms with Gasteiger partial charge in [-0.1, -0.05) is 26.2 Å². The summed E-state index contributed by atoms with van der Waals surface area (Å²) in [5.74, 6) is 0.624. The summed E-state index contributed by atoms with van der Waals surface area (Å²) in [6, 6.07) is 0. The molecule has 2 aliphatic rings. The molecule has 1 aliphatic carbocycles. The van der Waals surface area contributed by atoms with Crippen LogP contribution in [0.2, 0.25) is 0 Å². The maximum absolute atomic E-state index is 11.6. The van der Waals surface area contributed by atoms with Crippen LogP contribution < -0.4 is 5.32 Å². The third kappa shape index (κ3) is 4.71. The quantitative estimate of drug-likeness (QED) is 0.841. The van der Waals surface area contributed by atoms with E-state index < -0.39 is 9.84 Å². The minimum atomic E-state index is -2.81. The molecule has 1 saturated carbocycles. The zero-order valence-electron chi connectivity index (χ0n) is 12.9. The normalized spacial score (nSPS) is 24.6. The van der Waals surface area contributed by atoms with Gasteiger partial charge in [0.05, 0.1) is 5.75 Å². The Labute approximate surface area is 124 Å². The molecule has 0 aromatic carbocycles. The van der Waals surface area contributed by atoms with Crippen molar-refractivity contribution in [3.05, 3.63) is 0 Å². The molecule has 2 fully saturated rings. The van der Waals surface area contributed by atoms with Gasteiger partial charge >= 0.3 is 0 Å². The topological polar surface area (TPSA) is 49.4 Å². The Hall–Kier alpha value is -0.130. The van der Waals surface area contributed by atoms with E-state index in [1.165, 1.54) is 38.5 Å². The van der Waals surface area contributed by atoms with Gasteiger partial charge in [-0.15, -0.1) is 0 Å². The summed E-state index contributed by atoms with van der Waals surface area (Å²) < 4.78 is 23.1. The fourth-order valence-electron chi connectivity index (χ4n) is 3.63. The van der Waals surface area contributed by atoms with Gasteiger partial charge in [0.2, 0.25) is 0 Å². The first-order valence-electron chi connectivity index (χ1n) is 8.23. The lowest BCUT2D eigenvalue weighted by atomic mass is 9.81. The average molecular weight is 302 g/mol. The molecule has 0 aromatic rings. The van der Waals surface area contributed by atoms with Crippen LogP contribution in [0.3, 0.4) is 0 Å². The maximum atomic E-state index is 11.6. The van der Waals surface area contributed by atoms with E-state index in [2.05, 4.69) is 10.2 Å². The Kier molecular flexibility index (Phi) is 5.87. The molecule has 1 saturated heterocycles. The smallest absolute Gasteiger partial charge is 0.150 e. The number of nitrogens with one attached hydrogen (secondary N) is 1. The second kappa shape index (κ2) is 7.23. The molecular formula is C15H30N2O2S. The summed E-state index contributed by atoms with van der Waals surface area (Å²) in [7, 11) is -2.81. The summed E-state index contributed by atoms with van der Waals surface area (Å²) in [4.78, 5) is 2.50. The van der Waals surface area contributed by atoms with E-state index in [1.54, 1.807) is 6.92 Å². The van der Waals surface area contributed by atoms with Crippen molar-refractivity contribution in [3.63, 3.8) is 0 Å². The van der Waals surface area contributed by atoms with Gasteiger partial charge in [0, 0.05) is 17.8 Å². The van der Waals surface area contributed by atoms with Crippen molar-refractivity contribution >= 4 is 9.84 Å². The Balaban J connectivity index is 1.84. The Morgan fingerprint density at radius 2 is 1.90 bits per heavy atom. The molecule has 0 radical (unpaired) electrons. The predicted octanol–water partition coefficient (Wildman–Crippen LogP) is 1.81. The molecule has 0 bridgehead atoms. The molecule has 0 unspecified atom stereocenters. The highest BCUT2D eigenvalue weighted by Crippen LogP contribution is 2.30. The number of sulfone groups is 1. The zero-order chi connectivity index (χ0) is 14.5. The molecule has 1 N–H and O–H groups in total. The van der Waals surface area contributed by atoms with Crippen molar-refractivity contribution in [1.82, 2.24) is 10.2 Å². The van der Waals surface area contributed by atoms with E-state index in [0.717, 1.165) is 32.6 Å². The van der Waals surface area contributed by atoms with E-state index in [4.69, 9.17) is 0 Å². The van der Waals surface area contributed by atoms with Crippen molar-refractivity contribution in [3.8, 4) is 0 Å². The van der Waals surface area contributed by atoms with Crippen LogP contribution in [0.15, 0.2) is 0 Å². The lowest BCUT2D eigenvalue weighted by Gasteiger charge is -2.40. The molecule has 0 amide bonds. The highest BCUT2D eigenvalue weighted by Gasteiger charge is 2.34. The number of hydrogen-bond donors (Lipinski definition) is 1. The second-order valence-corrected chi connectivity index (χ2v) is 8.96. The second-order valence-electron chi connectivity index (χ2n) is 6.49. The Bertz CT molecular complexity index is 389. The predicted molar refractivity (Wildman–Crippen MR) is 83.8 cm³/mol. The van der Waals surface area contributed by atoms with Gasteiger partial charge in [-0.3, -0.25) is 0 Å². The van der Waals surface area contributed by atoms with E-state index >= 15 is 0 Å². The first-order valence-corrected chi connectivity index (χ1v) is 10.1. The third-order valence-electron chi connectivity index (χ3n) is 4.86. The van der Waals surface area contributed by atoms with Crippen LogP contribution in [0, 0.1) is 0 Å². The van der Waals surface area contributed by atoms with Gasteiger partial charge in [-0.2, -0.15) is 0 Å². The minimum Gasteiger partial charge on any atom is -0.310 e. The molecule has 1 spiro atoms. The van der Waals surface area contributed by atoms with Gasteiger partial charge in [-0.05, 0) is 45.3 Å². The Morgan fingerprint density at radius 3 is 2.60 bits per heavy atom. The third-order valence-corrected chi connectivity index (χ3v) is 6.65. The van der Waals surface area contributed by atoms with Crippen LogP contribution in [0.4, 0.5) is 0 Å². The lowest BCUT2D eigenvalue weighted by Crippen LogP contribution is -2.52. The highest BCUT2D eigenvalue weighted by atomic mass is 32.2. The first kappa shape index (κ1) is 16.2. The Morgan fingerprint density at radius 1 is 1.15 bits per heavy atom. The number of hydrogen-bond acceptors (Lipinski definition) is 4. The van der Waals surface area contributed by atoms with Gasteiger partial charge in [0.15, 0.2) is 0 Å². The van der Waals surface area contributed by atoms with Crippen LogP contribution >= 0.6 is 0 Å². The minimum absolute atomic E-state index is 0.276. The fraction of sp³-hybridized carbons (Fsp3) is 1.00. The number of nitrogens with zero attached hydrogens (tertiary/aromatic N) is 1. The molecule has 0 atom stereocenters. The van der Waals surface area contributed by atoms with Crippen LogP contribution in [0.1, 0.15) is 51.9 Å². The van der Waals surface area contributed by atoms with Gasteiger partial charge < -0.3 is 10.2 Å². The SMILES string of the molecule is CCS(=O)(=O)CCCN1CCCNC2(CCCCC2)C1. The molecule has 0 aromatic heterocycles. The van der Waals surface area contributed by atoms with E-state index in [0.29, 0.717) is 11.3 Å². The lowest BCUT2D eigenvalue weighted by molar-refractivity contribution is 0.164. The molecular weight excluding hydrogens is 272 g/mol. The molecule has 4 nitrogen and oxygen atoms in total.